The number of benzene rings is 4. The number of carbonyl (C=O) groups excluding carboxylic acids is 2. The van der Waals surface area contributed by atoms with Gasteiger partial charge in [-0.1, -0.05) is 103 Å². The molecule has 5 aromatic rings. The number of ketones is 1. The second-order valence-corrected chi connectivity index (χ2v) is 9.13. The van der Waals surface area contributed by atoms with Gasteiger partial charge in [-0.15, -0.1) is 0 Å². The number of Topliss-reactive ketones (excluding diaryl/α,β-unsaturated/α-hetero) is 1. The number of fused-ring (bicyclic) bond motifs is 1. The Morgan fingerprint density at radius 1 is 0.838 bits per heavy atom. The Balaban J connectivity index is 1.56. The number of ether oxygens (including phenoxy) is 1. The van der Waals surface area contributed by atoms with E-state index in [0.717, 1.165) is 12.0 Å². The number of aryl methyl sites for hydroxylation is 1. The van der Waals surface area contributed by atoms with Crippen molar-refractivity contribution in [2.75, 3.05) is 0 Å². The minimum Gasteiger partial charge on any atom is -0.445 e. The van der Waals surface area contributed by atoms with Crippen molar-refractivity contribution in [3.63, 3.8) is 0 Å². The SMILES string of the molecule is CCc1ccc(-c2cc(C(=O)O[C@@H](C(=O)c3ccccc3)c3ccc(Cl)cc3)c3ccccc3n2)cc1. The first kappa shape index (κ1) is 24.4. The van der Waals surface area contributed by atoms with Gasteiger partial charge < -0.3 is 4.74 Å². The van der Waals surface area contributed by atoms with E-state index in [1.54, 1.807) is 54.6 Å². The summed E-state index contributed by atoms with van der Waals surface area (Å²) in [5.41, 5.74) is 4.78. The smallest absolute Gasteiger partial charge is 0.339 e. The number of aromatic nitrogens is 1. The molecular formula is C32H24ClNO3. The normalized spacial score (nSPS) is 11.7. The summed E-state index contributed by atoms with van der Waals surface area (Å²) >= 11 is 6.07. The Labute approximate surface area is 220 Å². The van der Waals surface area contributed by atoms with Crippen LogP contribution in [0.25, 0.3) is 22.2 Å². The van der Waals surface area contributed by atoms with Gasteiger partial charge in [0.1, 0.15) is 0 Å². The molecule has 5 rings (SSSR count). The van der Waals surface area contributed by atoms with Gasteiger partial charge in [-0.2, -0.15) is 0 Å². The lowest BCUT2D eigenvalue weighted by Crippen LogP contribution is -2.20. The van der Waals surface area contributed by atoms with Gasteiger partial charge in [0.15, 0.2) is 6.10 Å². The van der Waals surface area contributed by atoms with E-state index in [1.807, 2.05) is 42.5 Å². The first-order valence-corrected chi connectivity index (χ1v) is 12.5. The maximum absolute atomic E-state index is 13.7. The highest BCUT2D eigenvalue weighted by atomic mass is 35.5. The number of pyridine rings is 1. The topological polar surface area (TPSA) is 56.3 Å². The number of rotatable bonds is 7. The van der Waals surface area contributed by atoms with Gasteiger partial charge in [0.25, 0.3) is 0 Å². The zero-order valence-corrected chi connectivity index (χ0v) is 21.0. The van der Waals surface area contributed by atoms with Crippen LogP contribution in [-0.4, -0.2) is 16.7 Å². The standard InChI is InChI=1S/C32H24ClNO3/c1-2-21-12-14-22(15-13-21)29-20-27(26-10-6-7-11-28(26)34-29)32(36)37-31(24-16-18-25(33)19-17-24)30(35)23-8-4-3-5-9-23/h3-20,31H,2H2,1H3/t31-/m1/s1. The molecule has 4 nitrogen and oxygen atoms in total. The molecule has 182 valence electrons. The van der Waals surface area contributed by atoms with Gasteiger partial charge in [-0.05, 0) is 36.2 Å². The van der Waals surface area contributed by atoms with Gasteiger partial charge in [-0.3, -0.25) is 4.79 Å². The summed E-state index contributed by atoms with van der Waals surface area (Å²) in [6.07, 6.45) is -0.198. The molecule has 0 unspecified atom stereocenters. The highest BCUT2D eigenvalue weighted by Gasteiger charge is 2.28. The van der Waals surface area contributed by atoms with Crippen LogP contribution in [0.3, 0.4) is 0 Å². The lowest BCUT2D eigenvalue weighted by Gasteiger charge is -2.19. The fourth-order valence-corrected chi connectivity index (χ4v) is 4.36. The number of halogens is 1. The highest BCUT2D eigenvalue weighted by molar-refractivity contribution is 6.30. The van der Waals surface area contributed by atoms with Gasteiger partial charge in [0.05, 0.1) is 16.8 Å². The molecule has 1 aromatic heterocycles. The van der Waals surface area contributed by atoms with Crippen molar-refractivity contribution in [2.45, 2.75) is 19.4 Å². The van der Waals surface area contributed by atoms with Gasteiger partial charge in [0, 0.05) is 27.1 Å². The largest absolute Gasteiger partial charge is 0.445 e. The van der Waals surface area contributed by atoms with E-state index in [2.05, 4.69) is 19.1 Å². The maximum Gasteiger partial charge on any atom is 0.339 e. The molecule has 0 amide bonds. The third-order valence-corrected chi connectivity index (χ3v) is 6.54. The van der Waals surface area contributed by atoms with Crippen molar-refractivity contribution < 1.29 is 14.3 Å². The molecule has 0 aliphatic carbocycles. The van der Waals surface area contributed by atoms with E-state index in [0.29, 0.717) is 38.3 Å². The van der Waals surface area contributed by atoms with Crippen LogP contribution in [0, 0.1) is 0 Å². The van der Waals surface area contributed by atoms with Crippen LogP contribution < -0.4 is 0 Å². The number of nitrogens with zero attached hydrogens (tertiary/aromatic N) is 1. The number of esters is 1. The van der Waals surface area contributed by atoms with E-state index in [-0.39, 0.29) is 5.78 Å². The summed E-state index contributed by atoms with van der Waals surface area (Å²) in [5.74, 6) is -0.917. The molecule has 1 heterocycles. The summed E-state index contributed by atoms with van der Waals surface area (Å²) in [4.78, 5) is 32.0. The maximum atomic E-state index is 13.7. The molecule has 0 aliphatic heterocycles. The van der Waals surface area contributed by atoms with Crippen LogP contribution in [0.2, 0.25) is 5.02 Å². The Morgan fingerprint density at radius 3 is 2.22 bits per heavy atom. The van der Waals surface area contributed by atoms with Gasteiger partial charge in [0.2, 0.25) is 5.78 Å². The molecule has 4 aromatic carbocycles. The number of hydrogen-bond donors (Lipinski definition) is 0. The van der Waals surface area contributed by atoms with Crippen molar-refractivity contribution in [1.82, 2.24) is 4.98 Å². The molecule has 1 atom stereocenters. The third-order valence-electron chi connectivity index (χ3n) is 6.29. The fraction of sp³-hybridized carbons (Fsp3) is 0.0938. The fourth-order valence-electron chi connectivity index (χ4n) is 4.24. The number of carbonyl (C=O) groups is 2. The average molecular weight is 506 g/mol. The molecule has 0 spiro atoms. The number of hydrogen-bond acceptors (Lipinski definition) is 4. The van der Waals surface area contributed by atoms with Crippen molar-refractivity contribution >= 4 is 34.3 Å². The summed E-state index contributed by atoms with van der Waals surface area (Å²) in [7, 11) is 0. The molecule has 0 radical (unpaired) electrons. The summed E-state index contributed by atoms with van der Waals surface area (Å²) in [6, 6.07) is 32.8. The van der Waals surface area contributed by atoms with E-state index in [1.165, 1.54) is 5.56 Å². The van der Waals surface area contributed by atoms with Crippen molar-refractivity contribution in [3.8, 4) is 11.3 Å². The van der Waals surface area contributed by atoms with E-state index >= 15 is 0 Å². The van der Waals surface area contributed by atoms with Crippen LogP contribution in [0.5, 0.6) is 0 Å². The van der Waals surface area contributed by atoms with Crippen molar-refractivity contribution in [2.24, 2.45) is 0 Å². The number of para-hydroxylation sites is 1. The Bertz CT molecular complexity index is 1560. The minimum absolute atomic E-state index is 0.315. The Kier molecular flexibility index (Phi) is 7.11. The zero-order valence-electron chi connectivity index (χ0n) is 20.2. The predicted molar refractivity (Wildman–Crippen MR) is 147 cm³/mol. The van der Waals surface area contributed by atoms with Crippen LogP contribution >= 0.6 is 11.6 Å². The lowest BCUT2D eigenvalue weighted by atomic mass is 9.99. The molecule has 0 aliphatic rings. The summed E-state index contributed by atoms with van der Waals surface area (Å²) < 4.78 is 5.95. The Hall–Kier alpha value is -4.28. The van der Waals surface area contributed by atoms with Crippen LogP contribution in [0.15, 0.2) is 109 Å². The average Bonchev–Trinajstić information content (AvgIpc) is 2.96. The third kappa shape index (κ3) is 5.30. The molecule has 0 N–H and O–H groups in total. The molecule has 37 heavy (non-hydrogen) atoms. The monoisotopic (exact) mass is 505 g/mol. The van der Waals surface area contributed by atoms with E-state index in [9.17, 15) is 9.59 Å². The van der Waals surface area contributed by atoms with Gasteiger partial charge >= 0.3 is 5.97 Å². The van der Waals surface area contributed by atoms with Crippen molar-refractivity contribution in [1.29, 1.82) is 0 Å². The molecule has 0 saturated carbocycles. The van der Waals surface area contributed by atoms with Crippen molar-refractivity contribution in [3.05, 3.63) is 136 Å². The summed E-state index contributed by atoms with van der Waals surface area (Å²) in [5, 5.41) is 1.18. The molecule has 0 saturated heterocycles. The van der Waals surface area contributed by atoms with Crippen LogP contribution in [0.1, 0.15) is 44.9 Å². The zero-order chi connectivity index (χ0) is 25.8. The van der Waals surface area contributed by atoms with Gasteiger partial charge in [-0.25, -0.2) is 9.78 Å². The molecule has 0 bridgehead atoms. The van der Waals surface area contributed by atoms with E-state index in [4.69, 9.17) is 21.3 Å². The second-order valence-electron chi connectivity index (χ2n) is 8.69. The minimum atomic E-state index is -1.13. The Morgan fingerprint density at radius 2 is 1.51 bits per heavy atom. The predicted octanol–water partition coefficient (Wildman–Crippen LogP) is 7.90. The van der Waals surface area contributed by atoms with Crippen LogP contribution in [0.4, 0.5) is 0 Å². The van der Waals surface area contributed by atoms with E-state index < -0.39 is 12.1 Å². The quantitative estimate of drug-likeness (QED) is 0.166. The second kappa shape index (κ2) is 10.8. The lowest BCUT2D eigenvalue weighted by molar-refractivity contribution is 0.0282. The molecule has 0 fully saturated rings. The molecule has 5 heteroatoms. The first-order valence-electron chi connectivity index (χ1n) is 12.1. The first-order chi connectivity index (χ1) is 18.0. The highest BCUT2D eigenvalue weighted by Crippen LogP contribution is 2.30. The summed E-state index contributed by atoms with van der Waals surface area (Å²) in [6.45, 7) is 2.10. The molecular weight excluding hydrogens is 482 g/mol. The van der Waals surface area contributed by atoms with Crippen LogP contribution in [-0.2, 0) is 11.2 Å².